The highest BCUT2D eigenvalue weighted by Gasteiger charge is 2.31. The molecule has 1 amide bonds. The fraction of sp³-hybridized carbons (Fsp3) is 0.500. The molecule has 100 valence electrons. The lowest BCUT2D eigenvalue weighted by atomic mass is 10.0. The first-order valence-corrected chi connectivity index (χ1v) is 5.36. The average Bonchev–Trinajstić information content (AvgIpc) is 2.84. The number of anilines is 1. The van der Waals surface area contributed by atoms with Gasteiger partial charge in [-0.05, 0) is 13.3 Å². The van der Waals surface area contributed by atoms with Gasteiger partial charge in [-0.2, -0.15) is 5.10 Å². The molecule has 1 aromatic rings. The van der Waals surface area contributed by atoms with Gasteiger partial charge >= 0.3 is 0 Å². The van der Waals surface area contributed by atoms with Gasteiger partial charge in [-0.1, -0.05) is 12.1 Å². The van der Waals surface area contributed by atoms with Crippen LogP contribution < -0.4 is 11.1 Å². The monoisotopic (exact) mass is 255 g/mol. The highest BCUT2D eigenvalue weighted by molar-refractivity contribution is 6.05. The molecule has 0 saturated carbocycles. The number of carbonyl (C=O) groups is 1. The number of hydrogen-bond donors (Lipinski definition) is 4. The van der Waals surface area contributed by atoms with E-state index in [1.54, 1.807) is 6.92 Å². The number of ether oxygens (including phenoxy) is 1. The van der Waals surface area contributed by atoms with Gasteiger partial charge in [0.2, 0.25) is 0 Å². The van der Waals surface area contributed by atoms with Crippen LogP contribution in [0.1, 0.15) is 25.8 Å². The van der Waals surface area contributed by atoms with Crippen molar-refractivity contribution in [2.45, 2.75) is 25.9 Å². The van der Waals surface area contributed by atoms with Crippen molar-refractivity contribution in [3.8, 4) is 0 Å². The minimum atomic E-state index is -0.951. The van der Waals surface area contributed by atoms with Gasteiger partial charge < -0.3 is 21.0 Å². The molecule has 0 aliphatic rings. The fourth-order valence-electron chi connectivity index (χ4n) is 1.27. The molecular weight excluding hydrogens is 238 g/mol. The Bertz CT molecular complexity index is 450. The first kappa shape index (κ1) is 14.0. The van der Waals surface area contributed by atoms with Crippen molar-refractivity contribution in [2.75, 3.05) is 12.4 Å². The Hall–Kier alpha value is -2.09. The summed E-state index contributed by atoms with van der Waals surface area (Å²) in [7, 11) is 1.46. The van der Waals surface area contributed by atoms with Gasteiger partial charge in [0.05, 0.1) is 11.8 Å². The third-order valence-electron chi connectivity index (χ3n) is 2.87. The maximum Gasteiger partial charge on any atom is 0.257 e. The Morgan fingerprint density at radius 3 is 2.94 bits per heavy atom. The van der Waals surface area contributed by atoms with Crippen LogP contribution in [0.25, 0.3) is 0 Å². The molecule has 0 aliphatic heterocycles. The van der Waals surface area contributed by atoms with Crippen molar-refractivity contribution < 1.29 is 14.7 Å². The molecule has 0 aromatic carbocycles. The third kappa shape index (κ3) is 2.59. The number of aromatic amines is 1. The van der Waals surface area contributed by atoms with Crippen LogP contribution in [-0.2, 0) is 9.53 Å². The lowest BCUT2D eigenvalue weighted by Crippen LogP contribution is -2.41. The zero-order valence-electron chi connectivity index (χ0n) is 10.5. The van der Waals surface area contributed by atoms with Crippen molar-refractivity contribution in [1.82, 2.24) is 10.2 Å². The minimum absolute atomic E-state index is 0.144. The van der Waals surface area contributed by atoms with Gasteiger partial charge in [0.25, 0.3) is 5.91 Å². The molecule has 0 bridgehead atoms. The molecule has 1 aromatic heterocycles. The van der Waals surface area contributed by atoms with Crippen LogP contribution in [0.3, 0.4) is 0 Å². The van der Waals surface area contributed by atoms with Crippen LogP contribution in [0.15, 0.2) is 11.4 Å². The van der Waals surface area contributed by atoms with E-state index in [4.69, 9.17) is 15.7 Å². The number of hydrogen-bond acceptors (Lipinski definition) is 5. The highest BCUT2D eigenvalue weighted by atomic mass is 16.5. The van der Waals surface area contributed by atoms with Crippen molar-refractivity contribution in [1.29, 1.82) is 0 Å². The molecule has 1 rings (SSSR count). The van der Waals surface area contributed by atoms with E-state index in [2.05, 4.69) is 20.7 Å². The van der Waals surface area contributed by atoms with Crippen molar-refractivity contribution in [3.63, 3.8) is 0 Å². The number of H-pyrrole nitrogens is 1. The van der Waals surface area contributed by atoms with Gasteiger partial charge in [-0.25, -0.2) is 0 Å². The van der Waals surface area contributed by atoms with E-state index in [0.717, 1.165) is 0 Å². The smallest absolute Gasteiger partial charge is 0.257 e. The van der Waals surface area contributed by atoms with E-state index >= 15 is 0 Å². The second-order valence-corrected chi connectivity index (χ2v) is 3.89. The lowest BCUT2D eigenvalue weighted by molar-refractivity contribution is -0.136. The molecule has 1 heterocycles. The number of rotatable bonds is 5. The zero-order valence-corrected chi connectivity index (χ0v) is 10.5. The number of amidine groups is 1. The molecule has 18 heavy (non-hydrogen) atoms. The number of amides is 1. The second kappa shape index (κ2) is 5.50. The summed E-state index contributed by atoms with van der Waals surface area (Å²) in [5, 5.41) is 20.3. The van der Waals surface area contributed by atoms with E-state index in [0.29, 0.717) is 12.0 Å². The van der Waals surface area contributed by atoms with Crippen LogP contribution in [0.2, 0.25) is 0 Å². The molecule has 5 N–H and O–H groups in total. The summed E-state index contributed by atoms with van der Waals surface area (Å²) in [5.74, 6) is -0.231. The summed E-state index contributed by atoms with van der Waals surface area (Å²) in [6.07, 6.45) is 1.85. The Labute approximate surface area is 104 Å². The molecule has 8 heteroatoms. The first-order chi connectivity index (χ1) is 8.48. The van der Waals surface area contributed by atoms with E-state index in [9.17, 15) is 4.79 Å². The SMILES string of the molecule is CCC(C)(OC)C(=O)Nc1[nH]ncc1C(N)=NO. The average molecular weight is 255 g/mol. The fourth-order valence-corrected chi connectivity index (χ4v) is 1.27. The van der Waals surface area contributed by atoms with Gasteiger partial charge in [0.15, 0.2) is 5.84 Å². The number of aromatic nitrogens is 2. The Morgan fingerprint density at radius 1 is 1.78 bits per heavy atom. The van der Waals surface area contributed by atoms with E-state index < -0.39 is 5.60 Å². The summed E-state index contributed by atoms with van der Waals surface area (Å²) in [4.78, 5) is 12.0. The number of nitrogens with zero attached hydrogens (tertiary/aromatic N) is 2. The third-order valence-corrected chi connectivity index (χ3v) is 2.87. The largest absolute Gasteiger partial charge is 0.409 e. The summed E-state index contributed by atoms with van der Waals surface area (Å²) in [5.41, 5.74) is 4.80. The minimum Gasteiger partial charge on any atom is -0.409 e. The predicted octanol–water partition coefficient (Wildman–Crippen LogP) is 0.258. The maximum absolute atomic E-state index is 12.0. The van der Waals surface area contributed by atoms with Crippen molar-refractivity contribution in [3.05, 3.63) is 11.8 Å². The van der Waals surface area contributed by atoms with Crippen LogP contribution >= 0.6 is 0 Å². The topological polar surface area (TPSA) is 126 Å². The number of methoxy groups -OCH3 is 1. The van der Waals surface area contributed by atoms with Crippen molar-refractivity contribution >= 4 is 17.6 Å². The molecule has 8 nitrogen and oxygen atoms in total. The molecule has 1 atom stereocenters. The summed E-state index contributed by atoms with van der Waals surface area (Å²) < 4.78 is 5.17. The maximum atomic E-state index is 12.0. The van der Waals surface area contributed by atoms with Gasteiger partial charge in [0.1, 0.15) is 11.4 Å². The van der Waals surface area contributed by atoms with Crippen LogP contribution in [0.4, 0.5) is 5.82 Å². The molecule has 1 unspecified atom stereocenters. The quantitative estimate of drug-likeness (QED) is 0.260. The Morgan fingerprint density at radius 2 is 2.44 bits per heavy atom. The molecule has 0 spiro atoms. The number of oxime groups is 1. The van der Waals surface area contributed by atoms with Gasteiger partial charge in [0, 0.05) is 7.11 Å². The summed E-state index contributed by atoms with van der Waals surface area (Å²) in [6.45, 7) is 3.50. The van der Waals surface area contributed by atoms with Gasteiger partial charge in [-0.15, -0.1) is 0 Å². The van der Waals surface area contributed by atoms with Gasteiger partial charge in [-0.3, -0.25) is 9.89 Å². The predicted molar refractivity (Wildman–Crippen MR) is 65.4 cm³/mol. The molecular formula is C10H17N5O3. The molecule has 0 aliphatic carbocycles. The summed E-state index contributed by atoms with van der Waals surface area (Å²) >= 11 is 0. The second-order valence-electron chi connectivity index (χ2n) is 3.89. The number of carbonyl (C=O) groups excluding carboxylic acids is 1. The van der Waals surface area contributed by atoms with Crippen molar-refractivity contribution in [2.24, 2.45) is 10.9 Å². The van der Waals surface area contributed by atoms with Crippen LogP contribution in [0, 0.1) is 0 Å². The highest BCUT2D eigenvalue weighted by Crippen LogP contribution is 2.18. The molecule has 0 fully saturated rings. The van der Waals surface area contributed by atoms with Crippen LogP contribution in [0.5, 0.6) is 0 Å². The number of nitrogens with two attached hydrogens (primary N) is 1. The van der Waals surface area contributed by atoms with E-state index in [-0.39, 0.29) is 17.6 Å². The Kier molecular flexibility index (Phi) is 4.27. The standard InChI is InChI=1S/C10H17N5O3/c1-4-10(2,18-3)9(16)13-8-6(5-12-14-8)7(11)15-17/h5,17H,4H2,1-3H3,(H2,11,15)(H2,12,13,14,16). The lowest BCUT2D eigenvalue weighted by Gasteiger charge is -2.24. The Balaban J connectivity index is 2.93. The van der Waals surface area contributed by atoms with E-state index in [1.165, 1.54) is 13.3 Å². The van der Waals surface area contributed by atoms with E-state index in [1.807, 2.05) is 6.92 Å². The molecule has 0 saturated heterocycles. The first-order valence-electron chi connectivity index (χ1n) is 5.36. The zero-order chi connectivity index (χ0) is 13.8. The normalized spacial score (nSPS) is 15.2. The van der Waals surface area contributed by atoms with Crippen LogP contribution in [-0.4, -0.2) is 39.9 Å². The summed E-state index contributed by atoms with van der Waals surface area (Å²) in [6, 6.07) is 0. The molecule has 0 radical (unpaired) electrons. The number of nitrogens with one attached hydrogen (secondary N) is 2.